The number of ether oxygens (including phenoxy) is 1. The second kappa shape index (κ2) is 7.74. The molecule has 0 saturated carbocycles. The summed E-state index contributed by atoms with van der Waals surface area (Å²) in [4.78, 5) is 13.6. The summed E-state index contributed by atoms with van der Waals surface area (Å²) in [6, 6.07) is 3.69. The molecule has 0 bridgehead atoms. The molecular formula is C15H18F4N2O2. The minimum Gasteiger partial charge on any atom is -0.378 e. The molecule has 1 atom stereocenters. The lowest BCUT2D eigenvalue weighted by Gasteiger charge is -2.28. The summed E-state index contributed by atoms with van der Waals surface area (Å²) in [5.74, 6) is -0.800. The van der Waals surface area contributed by atoms with Crippen LogP contribution in [-0.4, -0.2) is 49.8 Å². The van der Waals surface area contributed by atoms with Crippen molar-refractivity contribution in [2.45, 2.75) is 18.6 Å². The van der Waals surface area contributed by atoms with Crippen molar-refractivity contribution in [3.05, 3.63) is 35.6 Å². The van der Waals surface area contributed by atoms with Crippen molar-refractivity contribution < 1.29 is 27.1 Å². The molecule has 1 aliphatic rings. The van der Waals surface area contributed by atoms with Crippen LogP contribution < -0.4 is 5.32 Å². The van der Waals surface area contributed by atoms with E-state index in [0.717, 1.165) is 12.1 Å². The zero-order chi connectivity index (χ0) is 16.9. The van der Waals surface area contributed by atoms with Crippen LogP contribution in [0, 0.1) is 5.82 Å². The van der Waals surface area contributed by atoms with Crippen molar-refractivity contribution in [2.24, 2.45) is 0 Å². The summed E-state index contributed by atoms with van der Waals surface area (Å²) in [6.45, 7) is 1.51. The lowest BCUT2D eigenvalue weighted by atomic mass is 10.0. The van der Waals surface area contributed by atoms with E-state index in [9.17, 15) is 22.4 Å². The third-order valence-electron chi connectivity index (χ3n) is 3.57. The topological polar surface area (TPSA) is 41.6 Å². The average molecular weight is 334 g/mol. The van der Waals surface area contributed by atoms with Gasteiger partial charge in [-0.3, -0.25) is 4.79 Å². The number of carbonyl (C=O) groups excluding carboxylic acids is 1. The van der Waals surface area contributed by atoms with Crippen molar-refractivity contribution in [1.82, 2.24) is 10.2 Å². The van der Waals surface area contributed by atoms with Gasteiger partial charge in [0.25, 0.3) is 0 Å². The zero-order valence-corrected chi connectivity index (χ0v) is 12.4. The Morgan fingerprint density at radius 2 is 1.83 bits per heavy atom. The number of nitrogens with one attached hydrogen (secondary N) is 1. The highest BCUT2D eigenvalue weighted by Crippen LogP contribution is 2.29. The Labute approximate surface area is 131 Å². The fraction of sp³-hybridized carbons (Fsp3) is 0.533. The molecule has 4 nitrogen and oxygen atoms in total. The Morgan fingerprint density at radius 3 is 2.39 bits per heavy atom. The molecule has 0 aliphatic carbocycles. The molecule has 1 saturated heterocycles. The van der Waals surface area contributed by atoms with Gasteiger partial charge < -0.3 is 15.0 Å². The molecule has 0 radical (unpaired) electrons. The first-order chi connectivity index (χ1) is 10.8. The first-order valence-corrected chi connectivity index (χ1v) is 7.26. The van der Waals surface area contributed by atoms with Crippen molar-refractivity contribution in [3.8, 4) is 0 Å². The fourth-order valence-corrected chi connectivity index (χ4v) is 2.37. The van der Waals surface area contributed by atoms with Crippen LogP contribution in [0.25, 0.3) is 0 Å². The Balaban J connectivity index is 1.99. The van der Waals surface area contributed by atoms with Gasteiger partial charge in [0.05, 0.1) is 26.2 Å². The minimum absolute atomic E-state index is 0.210. The van der Waals surface area contributed by atoms with Crippen molar-refractivity contribution in [2.75, 3.05) is 32.8 Å². The predicted molar refractivity (Wildman–Crippen MR) is 75.2 cm³/mol. The van der Waals surface area contributed by atoms with E-state index in [0.29, 0.717) is 31.9 Å². The standard InChI is InChI=1S/C15H18F4N2O2/c16-12-3-1-11(2-4-12)13(9-15(17,18)19)20-10-14(22)21-5-7-23-8-6-21/h1-4,13,20H,5-10H2/t13-/m0/s1. The van der Waals surface area contributed by atoms with Gasteiger partial charge in [0.15, 0.2) is 0 Å². The molecular weight excluding hydrogens is 316 g/mol. The summed E-state index contributed by atoms with van der Waals surface area (Å²) in [5.41, 5.74) is 0.290. The second-order valence-electron chi connectivity index (χ2n) is 5.30. The third kappa shape index (κ3) is 5.80. The first kappa shape index (κ1) is 17.7. The van der Waals surface area contributed by atoms with Crippen molar-refractivity contribution >= 4 is 5.91 Å². The Bertz CT molecular complexity index is 513. The lowest BCUT2D eigenvalue weighted by molar-refractivity contribution is -0.143. The van der Waals surface area contributed by atoms with E-state index in [1.54, 1.807) is 4.90 Å². The van der Waals surface area contributed by atoms with Gasteiger partial charge in [-0.1, -0.05) is 12.1 Å². The maximum absolute atomic E-state index is 12.9. The smallest absolute Gasteiger partial charge is 0.378 e. The molecule has 128 valence electrons. The van der Waals surface area contributed by atoms with Gasteiger partial charge in [0.2, 0.25) is 5.91 Å². The first-order valence-electron chi connectivity index (χ1n) is 7.26. The number of hydrogen-bond donors (Lipinski definition) is 1. The molecule has 1 N–H and O–H groups in total. The molecule has 1 fully saturated rings. The molecule has 1 aromatic carbocycles. The van der Waals surface area contributed by atoms with Crippen molar-refractivity contribution in [3.63, 3.8) is 0 Å². The van der Waals surface area contributed by atoms with Gasteiger partial charge in [0.1, 0.15) is 5.82 Å². The van der Waals surface area contributed by atoms with E-state index in [4.69, 9.17) is 4.74 Å². The molecule has 1 aliphatic heterocycles. The number of nitrogens with zero attached hydrogens (tertiary/aromatic N) is 1. The molecule has 0 aromatic heterocycles. The van der Waals surface area contributed by atoms with E-state index < -0.39 is 24.5 Å². The Kier molecular flexibility index (Phi) is 5.95. The van der Waals surface area contributed by atoms with Crippen LogP contribution in [0.2, 0.25) is 0 Å². The largest absolute Gasteiger partial charge is 0.390 e. The summed E-state index contributed by atoms with van der Waals surface area (Å²) < 4.78 is 56.2. The Morgan fingerprint density at radius 1 is 1.22 bits per heavy atom. The van der Waals surface area contributed by atoms with Crippen molar-refractivity contribution in [1.29, 1.82) is 0 Å². The maximum atomic E-state index is 12.9. The van der Waals surface area contributed by atoms with Crippen LogP contribution >= 0.6 is 0 Å². The van der Waals surface area contributed by atoms with E-state index in [2.05, 4.69) is 5.32 Å². The number of hydrogen-bond acceptors (Lipinski definition) is 3. The van der Waals surface area contributed by atoms with Gasteiger partial charge in [0, 0.05) is 19.1 Å². The third-order valence-corrected chi connectivity index (χ3v) is 3.57. The zero-order valence-electron chi connectivity index (χ0n) is 12.4. The van der Waals surface area contributed by atoms with E-state index in [1.807, 2.05) is 0 Å². The highest BCUT2D eigenvalue weighted by molar-refractivity contribution is 5.78. The normalized spacial score (nSPS) is 17.1. The minimum atomic E-state index is -4.39. The highest BCUT2D eigenvalue weighted by Gasteiger charge is 2.33. The number of morpholine rings is 1. The Hall–Kier alpha value is -1.67. The molecule has 8 heteroatoms. The van der Waals surface area contributed by atoms with Gasteiger partial charge >= 0.3 is 6.18 Å². The van der Waals surface area contributed by atoms with E-state index in [1.165, 1.54) is 12.1 Å². The molecule has 0 spiro atoms. The van der Waals surface area contributed by atoms with Gasteiger partial charge in [-0.05, 0) is 17.7 Å². The molecule has 0 unspecified atom stereocenters. The van der Waals surface area contributed by atoms with Gasteiger partial charge in [-0.2, -0.15) is 13.2 Å². The number of alkyl halides is 3. The van der Waals surface area contributed by atoms with Gasteiger partial charge in [-0.15, -0.1) is 0 Å². The fourth-order valence-electron chi connectivity index (χ4n) is 2.37. The summed E-state index contributed by atoms with van der Waals surface area (Å²) >= 11 is 0. The predicted octanol–water partition coefficient (Wildman–Crippen LogP) is 2.27. The SMILES string of the molecule is O=C(CN[C@@H](CC(F)(F)F)c1ccc(F)cc1)N1CCOCC1. The monoisotopic (exact) mass is 334 g/mol. The number of halogens is 4. The molecule has 23 heavy (non-hydrogen) atoms. The second-order valence-corrected chi connectivity index (χ2v) is 5.30. The van der Waals surface area contributed by atoms with Crippen LogP contribution in [-0.2, 0) is 9.53 Å². The number of benzene rings is 1. The van der Waals surface area contributed by atoms with Crippen LogP contribution in [0.1, 0.15) is 18.0 Å². The average Bonchev–Trinajstić information content (AvgIpc) is 2.52. The summed E-state index contributed by atoms with van der Waals surface area (Å²) in [7, 11) is 0. The van der Waals surface area contributed by atoms with E-state index >= 15 is 0 Å². The lowest BCUT2D eigenvalue weighted by Crippen LogP contribution is -2.45. The summed E-state index contributed by atoms with van der Waals surface area (Å²) in [6.07, 6.45) is -5.52. The maximum Gasteiger partial charge on any atom is 0.390 e. The number of amides is 1. The van der Waals surface area contributed by atoms with Gasteiger partial charge in [-0.25, -0.2) is 4.39 Å². The van der Waals surface area contributed by atoms with Crippen LogP contribution in [0.5, 0.6) is 0 Å². The molecule has 1 amide bonds. The van der Waals surface area contributed by atoms with Crippen LogP contribution in [0.3, 0.4) is 0 Å². The molecule has 2 rings (SSSR count). The quantitative estimate of drug-likeness (QED) is 0.840. The number of carbonyl (C=O) groups is 1. The van der Waals surface area contributed by atoms with E-state index in [-0.39, 0.29) is 12.5 Å². The summed E-state index contributed by atoms with van der Waals surface area (Å²) in [5, 5.41) is 2.63. The molecule has 1 heterocycles. The van der Waals surface area contributed by atoms with Crippen LogP contribution in [0.4, 0.5) is 17.6 Å². The van der Waals surface area contributed by atoms with Crippen LogP contribution in [0.15, 0.2) is 24.3 Å². The highest BCUT2D eigenvalue weighted by atomic mass is 19.4. The number of rotatable bonds is 5. The molecule has 1 aromatic rings.